The summed E-state index contributed by atoms with van der Waals surface area (Å²) in [4.78, 5) is 10.9. The summed E-state index contributed by atoms with van der Waals surface area (Å²) >= 11 is 0. The van der Waals surface area contributed by atoms with Crippen LogP contribution >= 0.6 is 0 Å². The van der Waals surface area contributed by atoms with Crippen molar-refractivity contribution in [2.75, 3.05) is 0 Å². The van der Waals surface area contributed by atoms with Crippen LogP contribution in [0.1, 0.15) is 31.9 Å². The molecule has 0 aliphatic rings. The Morgan fingerprint density at radius 3 is 2.47 bits per heavy atom. The van der Waals surface area contributed by atoms with E-state index in [0.29, 0.717) is 0 Å². The van der Waals surface area contributed by atoms with Gasteiger partial charge in [-0.25, -0.2) is 0 Å². The van der Waals surface area contributed by atoms with E-state index >= 15 is 0 Å². The number of rotatable bonds is 4. The van der Waals surface area contributed by atoms with Gasteiger partial charge in [0.2, 0.25) is 0 Å². The zero-order valence-electron chi connectivity index (χ0n) is 11.3. The average molecular weight is 257 g/mol. The van der Waals surface area contributed by atoms with Crippen LogP contribution < -0.4 is 5.73 Å². The summed E-state index contributed by atoms with van der Waals surface area (Å²) in [5.41, 5.74) is 6.75. The van der Waals surface area contributed by atoms with Gasteiger partial charge in [-0.2, -0.15) is 0 Å². The fourth-order valence-electron chi connectivity index (χ4n) is 2.35. The van der Waals surface area contributed by atoms with Crippen molar-refractivity contribution in [1.82, 2.24) is 0 Å². The summed E-state index contributed by atoms with van der Waals surface area (Å²) in [5.74, 6) is -0.818. The van der Waals surface area contributed by atoms with Gasteiger partial charge in [0.1, 0.15) is 0 Å². The Morgan fingerprint density at radius 1 is 1.21 bits per heavy atom. The molecule has 0 spiro atoms. The number of carboxylic acid groups (broad SMARTS) is 1. The quantitative estimate of drug-likeness (QED) is 0.883. The molecule has 0 heterocycles. The molecule has 19 heavy (non-hydrogen) atoms. The van der Waals surface area contributed by atoms with Crippen LogP contribution in [0.4, 0.5) is 0 Å². The first kappa shape index (κ1) is 13.6. The van der Waals surface area contributed by atoms with Crippen molar-refractivity contribution in [3.05, 3.63) is 48.0 Å². The van der Waals surface area contributed by atoms with Gasteiger partial charge in [-0.15, -0.1) is 0 Å². The normalized spacial score (nSPS) is 13.4. The van der Waals surface area contributed by atoms with Gasteiger partial charge in [-0.3, -0.25) is 4.79 Å². The minimum atomic E-state index is -0.818. The molecular formula is C16H19NO2. The predicted molar refractivity (Wildman–Crippen MR) is 76.9 cm³/mol. The van der Waals surface area contributed by atoms with E-state index in [1.165, 1.54) is 0 Å². The summed E-state index contributed by atoms with van der Waals surface area (Å²) in [6, 6.07) is 13.8. The number of benzene rings is 2. The highest BCUT2D eigenvalue weighted by atomic mass is 16.4. The monoisotopic (exact) mass is 257 g/mol. The first-order valence-corrected chi connectivity index (χ1v) is 6.36. The molecule has 100 valence electrons. The van der Waals surface area contributed by atoms with Gasteiger partial charge in [0.25, 0.3) is 0 Å². The van der Waals surface area contributed by atoms with E-state index in [1.807, 2.05) is 56.3 Å². The summed E-state index contributed by atoms with van der Waals surface area (Å²) in [5, 5.41) is 11.2. The lowest BCUT2D eigenvalue weighted by atomic mass is 9.78. The summed E-state index contributed by atoms with van der Waals surface area (Å²) in [6.07, 6.45) is 0.0565. The maximum atomic E-state index is 10.9. The smallest absolute Gasteiger partial charge is 0.303 e. The van der Waals surface area contributed by atoms with Gasteiger partial charge < -0.3 is 10.8 Å². The Morgan fingerprint density at radius 2 is 1.84 bits per heavy atom. The van der Waals surface area contributed by atoms with E-state index in [0.717, 1.165) is 16.3 Å². The van der Waals surface area contributed by atoms with Crippen LogP contribution in [0, 0.1) is 5.41 Å². The largest absolute Gasteiger partial charge is 0.481 e. The topological polar surface area (TPSA) is 63.3 Å². The lowest BCUT2D eigenvalue weighted by molar-refractivity contribution is -0.139. The van der Waals surface area contributed by atoms with Gasteiger partial charge >= 0.3 is 5.97 Å². The minimum absolute atomic E-state index is 0.0565. The molecule has 2 aromatic carbocycles. The van der Waals surface area contributed by atoms with E-state index in [2.05, 4.69) is 0 Å². The van der Waals surface area contributed by atoms with Crippen LogP contribution in [0.15, 0.2) is 42.5 Å². The molecule has 1 unspecified atom stereocenters. The average Bonchev–Trinajstić information content (AvgIpc) is 2.35. The van der Waals surface area contributed by atoms with E-state index in [1.54, 1.807) is 0 Å². The Hall–Kier alpha value is -1.87. The van der Waals surface area contributed by atoms with E-state index in [9.17, 15) is 4.79 Å². The lowest BCUT2D eigenvalue weighted by Crippen LogP contribution is -2.31. The van der Waals surface area contributed by atoms with Crippen molar-refractivity contribution in [1.29, 1.82) is 0 Å². The highest BCUT2D eigenvalue weighted by Gasteiger charge is 2.30. The van der Waals surface area contributed by atoms with E-state index < -0.39 is 11.4 Å². The molecular weight excluding hydrogens is 238 g/mol. The van der Waals surface area contributed by atoms with Crippen molar-refractivity contribution in [2.45, 2.75) is 26.3 Å². The first-order chi connectivity index (χ1) is 8.90. The highest BCUT2D eigenvalue weighted by Crippen LogP contribution is 2.35. The molecule has 0 saturated heterocycles. The molecule has 0 bridgehead atoms. The van der Waals surface area contributed by atoms with Crippen LogP contribution in [-0.4, -0.2) is 11.1 Å². The summed E-state index contributed by atoms with van der Waals surface area (Å²) in [7, 11) is 0. The number of carboxylic acids is 1. The fourth-order valence-corrected chi connectivity index (χ4v) is 2.35. The Labute approximate surface area is 113 Å². The SMILES string of the molecule is CC(C)(CC(=O)O)C(N)c1ccc2ccccc2c1. The Kier molecular flexibility index (Phi) is 3.58. The van der Waals surface area contributed by atoms with Gasteiger partial charge in [0.15, 0.2) is 0 Å². The third-order valence-corrected chi connectivity index (χ3v) is 3.58. The Balaban J connectivity index is 2.35. The van der Waals surface area contributed by atoms with Crippen LogP contribution in [0.25, 0.3) is 10.8 Å². The van der Waals surface area contributed by atoms with Gasteiger partial charge in [0, 0.05) is 6.04 Å². The van der Waals surface area contributed by atoms with E-state index in [4.69, 9.17) is 10.8 Å². The second kappa shape index (κ2) is 5.02. The van der Waals surface area contributed by atoms with Crippen molar-refractivity contribution < 1.29 is 9.90 Å². The zero-order chi connectivity index (χ0) is 14.0. The second-order valence-electron chi connectivity index (χ2n) is 5.64. The molecule has 3 N–H and O–H groups in total. The molecule has 0 radical (unpaired) electrons. The van der Waals surface area contributed by atoms with Crippen molar-refractivity contribution in [2.24, 2.45) is 11.1 Å². The number of carbonyl (C=O) groups is 1. The molecule has 3 heteroatoms. The molecule has 0 aromatic heterocycles. The van der Waals surface area contributed by atoms with Crippen molar-refractivity contribution >= 4 is 16.7 Å². The molecule has 0 aliphatic carbocycles. The summed E-state index contributed by atoms with van der Waals surface area (Å²) < 4.78 is 0. The molecule has 2 aromatic rings. The molecule has 3 nitrogen and oxygen atoms in total. The molecule has 0 amide bonds. The number of fused-ring (bicyclic) bond motifs is 1. The minimum Gasteiger partial charge on any atom is -0.481 e. The lowest BCUT2D eigenvalue weighted by Gasteiger charge is -2.30. The molecule has 0 fully saturated rings. The maximum absolute atomic E-state index is 10.9. The summed E-state index contributed by atoms with van der Waals surface area (Å²) in [6.45, 7) is 3.78. The Bertz CT molecular complexity index is 604. The maximum Gasteiger partial charge on any atom is 0.303 e. The highest BCUT2D eigenvalue weighted by molar-refractivity contribution is 5.83. The number of nitrogens with two attached hydrogens (primary N) is 1. The van der Waals surface area contributed by atoms with Gasteiger partial charge in [0.05, 0.1) is 6.42 Å². The van der Waals surface area contributed by atoms with Crippen LogP contribution in [-0.2, 0) is 4.79 Å². The van der Waals surface area contributed by atoms with E-state index in [-0.39, 0.29) is 12.5 Å². The standard InChI is InChI=1S/C16H19NO2/c1-16(2,10-14(18)19)15(17)13-8-7-11-5-3-4-6-12(11)9-13/h3-9,15H,10,17H2,1-2H3,(H,18,19). The van der Waals surface area contributed by atoms with Gasteiger partial charge in [-0.05, 0) is 27.8 Å². The van der Waals surface area contributed by atoms with Crippen molar-refractivity contribution in [3.8, 4) is 0 Å². The van der Waals surface area contributed by atoms with Crippen molar-refractivity contribution in [3.63, 3.8) is 0 Å². The van der Waals surface area contributed by atoms with Crippen LogP contribution in [0.2, 0.25) is 0 Å². The fraction of sp³-hybridized carbons (Fsp3) is 0.312. The molecule has 0 saturated carbocycles. The van der Waals surface area contributed by atoms with Crippen LogP contribution in [0.5, 0.6) is 0 Å². The zero-order valence-corrected chi connectivity index (χ0v) is 11.3. The van der Waals surface area contributed by atoms with Gasteiger partial charge in [-0.1, -0.05) is 50.2 Å². The molecule has 2 rings (SSSR count). The third-order valence-electron chi connectivity index (χ3n) is 3.58. The first-order valence-electron chi connectivity index (χ1n) is 6.36. The number of aliphatic carboxylic acids is 1. The number of hydrogen-bond donors (Lipinski definition) is 2. The number of hydrogen-bond acceptors (Lipinski definition) is 2. The van der Waals surface area contributed by atoms with Crippen LogP contribution in [0.3, 0.4) is 0 Å². The third kappa shape index (κ3) is 2.93. The molecule has 0 aliphatic heterocycles. The second-order valence-corrected chi connectivity index (χ2v) is 5.64. The predicted octanol–water partition coefficient (Wildman–Crippen LogP) is 3.34. The molecule has 1 atom stereocenters.